The predicted octanol–water partition coefficient (Wildman–Crippen LogP) is 2.26. The summed E-state index contributed by atoms with van der Waals surface area (Å²) in [7, 11) is 3.28. The number of nitrogens with two attached hydrogens (primary N) is 1. The van der Waals surface area contributed by atoms with Gasteiger partial charge >= 0.3 is 0 Å². The van der Waals surface area contributed by atoms with Crippen LogP contribution in [0.1, 0.15) is 10.4 Å². The van der Waals surface area contributed by atoms with Gasteiger partial charge in [0.25, 0.3) is 5.91 Å². The van der Waals surface area contributed by atoms with Crippen LogP contribution in [0.25, 0.3) is 0 Å². The fraction of sp³-hybridized carbons (Fsp3) is 0.133. The highest BCUT2D eigenvalue weighted by molar-refractivity contribution is 6.09. The number of carbonyl (C=O) groups is 1. The van der Waals surface area contributed by atoms with Crippen molar-refractivity contribution in [3.63, 3.8) is 0 Å². The molecule has 0 atom stereocenters. The quantitative estimate of drug-likeness (QED) is 0.661. The summed E-state index contributed by atoms with van der Waals surface area (Å²) >= 11 is 0. The maximum absolute atomic E-state index is 12.6. The van der Waals surface area contributed by atoms with Crippen molar-refractivity contribution in [2.75, 3.05) is 24.5 Å². The van der Waals surface area contributed by atoms with Gasteiger partial charge in [0.1, 0.15) is 5.75 Å². The summed E-state index contributed by atoms with van der Waals surface area (Å²) in [5.74, 6) is 5.91. The lowest BCUT2D eigenvalue weighted by Crippen LogP contribution is -2.28. The fourth-order valence-electron chi connectivity index (χ4n) is 1.99. The molecule has 0 aliphatic heterocycles. The first-order valence-corrected chi connectivity index (χ1v) is 6.15. The molecule has 0 aliphatic rings. The van der Waals surface area contributed by atoms with E-state index in [0.29, 0.717) is 22.7 Å². The van der Waals surface area contributed by atoms with E-state index < -0.39 is 0 Å². The van der Waals surface area contributed by atoms with Crippen LogP contribution in [0.2, 0.25) is 0 Å². The Morgan fingerprint density at radius 3 is 2.50 bits per heavy atom. The number of hydrogen-bond acceptors (Lipinski definition) is 4. The molecule has 20 heavy (non-hydrogen) atoms. The Bertz CT molecular complexity index is 614. The SMILES string of the molecule is COc1ccccc1N(C)C(=O)c1ccccc1NN. The number of nitrogens with zero attached hydrogens (tertiary/aromatic N) is 1. The summed E-state index contributed by atoms with van der Waals surface area (Å²) in [6.45, 7) is 0. The maximum Gasteiger partial charge on any atom is 0.260 e. The number of nitrogen functional groups attached to an aromatic ring is 1. The van der Waals surface area contributed by atoms with Crippen LogP contribution in [0.4, 0.5) is 11.4 Å². The standard InChI is InChI=1S/C15H17N3O2/c1-18(13-9-5-6-10-14(13)20-2)15(19)11-7-3-4-8-12(11)17-16/h3-10,17H,16H2,1-2H3. The minimum Gasteiger partial charge on any atom is -0.495 e. The third-order valence-electron chi connectivity index (χ3n) is 3.06. The minimum atomic E-state index is -0.164. The van der Waals surface area contributed by atoms with Crippen LogP contribution in [-0.2, 0) is 0 Å². The van der Waals surface area contributed by atoms with Crippen molar-refractivity contribution in [2.45, 2.75) is 0 Å². The van der Waals surface area contributed by atoms with Gasteiger partial charge in [-0.15, -0.1) is 0 Å². The molecule has 0 spiro atoms. The molecule has 2 aromatic rings. The summed E-state index contributed by atoms with van der Waals surface area (Å²) in [6, 6.07) is 14.4. The van der Waals surface area contributed by atoms with Gasteiger partial charge in [-0.25, -0.2) is 0 Å². The molecular formula is C15H17N3O2. The Balaban J connectivity index is 2.38. The Labute approximate surface area is 117 Å². The number of anilines is 2. The van der Waals surface area contributed by atoms with Crippen LogP contribution < -0.4 is 20.9 Å². The second-order valence-corrected chi connectivity index (χ2v) is 4.23. The van der Waals surface area contributed by atoms with Gasteiger partial charge in [0.2, 0.25) is 0 Å². The Kier molecular flexibility index (Phi) is 4.22. The number of rotatable bonds is 4. The van der Waals surface area contributed by atoms with E-state index in [0.717, 1.165) is 0 Å². The van der Waals surface area contributed by atoms with Crippen molar-refractivity contribution < 1.29 is 9.53 Å². The zero-order chi connectivity index (χ0) is 14.5. The average molecular weight is 271 g/mol. The first kappa shape index (κ1) is 13.9. The van der Waals surface area contributed by atoms with Gasteiger partial charge in [0, 0.05) is 7.05 Å². The molecule has 2 aromatic carbocycles. The van der Waals surface area contributed by atoms with Crippen LogP contribution >= 0.6 is 0 Å². The van der Waals surface area contributed by atoms with E-state index in [4.69, 9.17) is 10.6 Å². The number of amides is 1. The smallest absolute Gasteiger partial charge is 0.260 e. The number of carbonyl (C=O) groups excluding carboxylic acids is 1. The third kappa shape index (κ3) is 2.57. The molecule has 2 rings (SSSR count). The number of hydrogen-bond donors (Lipinski definition) is 2. The van der Waals surface area contributed by atoms with Gasteiger partial charge in [-0.3, -0.25) is 10.6 Å². The van der Waals surface area contributed by atoms with Crippen molar-refractivity contribution in [1.82, 2.24) is 0 Å². The van der Waals surface area contributed by atoms with E-state index in [9.17, 15) is 4.79 Å². The highest BCUT2D eigenvalue weighted by atomic mass is 16.5. The molecule has 0 heterocycles. The molecule has 0 saturated heterocycles. The second-order valence-electron chi connectivity index (χ2n) is 4.23. The van der Waals surface area contributed by atoms with E-state index in [-0.39, 0.29) is 5.91 Å². The van der Waals surface area contributed by atoms with Crippen molar-refractivity contribution in [3.05, 3.63) is 54.1 Å². The number of para-hydroxylation sites is 3. The molecule has 0 radical (unpaired) electrons. The first-order valence-electron chi connectivity index (χ1n) is 6.15. The monoisotopic (exact) mass is 271 g/mol. The van der Waals surface area contributed by atoms with Gasteiger partial charge < -0.3 is 15.1 Å². The molecule has 0 aliphatic carbocycles. The first-order chi connectivity index (χ1) is 9.69. The third-order valence-corrected chi connectivity index (χ3v) is 3.06. The van der Waals surface area contributed by atoms with Crippen LogP contribution in [0.15, 0.2) is 48.5 Å². The van der Waals surface area contributed by atoms with E-state index in [1.165, 1.54) is 4.90 Å². The fourth-order valence-corrected chi connectivity index (χ4v) is 1.99. The number of methoxy groups -OCH3 is 1. The zero-order valence-electron chi connectivity index (χ0n) is 11.5. The van der Waals surface area contributed by atoms with Crippen LogP contribution in [0, 0.1) is 0 Å². The van der Waals surface area contributed by atoms with Crippen LogP contribution in [0.5, 0.6) is 5.75 Å². The van der Waals surface area contributed by atoms with Crippen molar-refractivity contribution in [1.29, 1.82) is 0 Å². The number of hydrazine groups is 1. The molecule has 5 heteroatoms. The van der Waals surface area contributed by atoms with Gasteiger partial charge in [-0.05, 0) is 24.3 Å². The summed E-state index contributed by atoms with van der Waals surface area (Å²) in [4.78, 5) is 14.1. The Morgan fingerprint density at radius 2 is 1.80 bits per heavy atom. The molecular weight excluding hydrogens is 254 g/mol. The normalized spacial score (nSPS) is 9.95. The highest BCUT2D eigenvalue weighted by Gasteiger charge is 2.18. The van der Waals surface area contributed by atoms with E-state index in [1.54, 1.807) is 32.4 Å². The molecule has 0 fully saturated rings. The van der Waals surface area contributed by atoms with Crippen molar-refractivity contribution >= 4 is 17.3 Å². The summed E-state index contributed by atoms with van der Waals surface area (Å²) in [6.07, 6.45) is 0. The lowest BCUT2D eigenvalue weighted by molar-refractivity contribution is 0.0993. The molecule has 0 bridgehead atoms. The van der Waals surface area contributed by atoms with Gasteiger partial charge in [0.15, 0.2) is 0 Å². The topological polar surface area (TPSA) is 67.6 Å². The highest BCUT2D eigenvalue weighted by Crippen LogP contribution is 2.28. The van der Waals surface area contributed by atoms with Crippen LogP contribution in [0.3, 0.4) is 0 Å². The second kappa shape index (κ2) is 6.08. The lowest BCUT2D eigenvalue weighted by atomic mass is 10.1. The Morgan fingerprint density at radius 1 is 1.15 bits per heavy atom. The molecule has 1 amide bonds. The van der Waals surface area contributed by atoms with Gasteiger partial charge in [0.05, 0.1) is 24.0 Å². The molecule has 104 valence electrons. The molecule has 0 saturated carbocycles. The van der Waals surface area contributed by atoms with E-state index in [2.05, 4.69) is 5.43 Å². The predicted molar refractivity (Wildman–Crippen MR) is 80.0 cm³/mol. The number of ether oxygens (including phenoxy) is 1. The summed E-state index contributed by atoms with van der Waals surface area (Å²) in [5.41, 5.74) is 4.32. The van der Waals surface area contributed by atoms with E-state index in [1.807, 2.05) is 30.3 Å². The molecule has 5 nitrogen and oxygen atoms in total. The lowest BCUT2D eigenvalue weighted by Gasteiger charge is -2.21. The average Bonchev–Trinajstić information content (AvgIpc) is 2.53. The number of nitrogens with one attached hydrogen (secondary N) is 1. The zero-order valence-corrected chi connectivity index (χ0v) is 11.5. The minimum absolute atomic E-state index is 0.164. The summed E-state index contributed by atoms with van der Waals surface area (Å²) in [5, 5.41) is 0. The van der Waals surface area contributed by atoms with E-state index >= 15 is 0 Å². The van der Waals surface area contributed by atoms with Crippen LogP contribution in [-0.4, -0.2) is 20.1 Å². The van der Waals surface area contributed by atoms with Gasteiger partial charge in [-0.2, -0.15) is 0 Å². The molecule has 3 N–H and O–H groups in total. The maximum atomic E-state index is 12.6. The largest absolute Gasteiger partial charge is 0.495 e. The van der Waals surface area contributed by atoms with Crippen molar-refractivity contribution in [3.8, 4) is 5.75 Å². The van der Waals surface area contributed by atoms with Gasteiger partial charge in [-0.1, -0.05) is 24.3 Å². The summed E-state index contributed by atoms with van der Waals surface area (Å²) < 4.78 is 5.27. The molecule has 0 unspecified atom stereocenters. The Hall–Kier alpha value is -2.53. The molecule has 0 aromatic heterocycles. The number of benzene rings is 2. The van der Waals surface area contributed by atoms with Crippen molar-refractivity contribution in [2.24, 2.45) is 5.84 Å².